The van der Waals surface area contributed by atoms with Crippen molar-refractivity contribution in [2.24, 2.45) is 5.73 Å². The van der Waals surface area contributed by atoms with E-state index in [0.29, 0.717) is 5.56 Å². The number of rotatable bonds is 8. The van der Waals surface area contributed by atoms with Crippen molar-refractivity contribution in [3.05, 3.63) is 41.2 Å². The molecule has 1 heterocycles. The molecule has 0 aliphatic heterocycles. The molecule has 2 rings (SSSR count). The van der Waals surface area contributed by atoms with Crippen LogP contribution in [-0.4, -0.2) is 20.9 Å². The van der Waals surface area contributed by atoms with Crippen molar-refractivity contribution in [3.63, 3.8) is 0 Å². The van der Waals surface area contributed by atoms with E-state index < -0.39 is 5.91 Å². The van der Waals surface area contributed by atoms with Crippen LogP contribution in [0.5, 0.6) is 0 Å². The first-order valence-corrected chi connectivity index (χ1v) is 8.00. The topological polar surface area (TPSA) is 73.8 Å². The molecule has 0 bridgehead atoms. The summed E-state index contributed by atoms with van der Waals surface area (Å²) in [6.07, 6.45) is 9.99. The van der Waals surface area contributed by atoms with Gasteiger partial charge in [-0.3, -0.25) is 4.79 Å². The van der Waals surface area contributed by atoms with E-state index in [2.05, 4.69) is 17.2 Å². The van der Waals surface area contributed by atoms with Gasteiger partial charge in [0.05, 0.1) is 18.1 Å². The molecular formula is C17H25ClN4O. The molecule has 1 aromatic heterocycles. The van der Waals surface area contributed by atoms with Gasteiger partial charge in [-0.25, -0.2) is 4.68 Å². The molecule has 0 spiro atoms. The standard InChI is InChI=1S/C17H24N4O.ClH/c1-3-5-6-7-8-13-9-10-15(17(18)22)14(4-2)16(13)21-12-11-19-20-21;/h9-12H,3-8H2,1-2H3,(H2,18,22);1H. The Hall–Kier alpha value is -1.88. The molecule has 0 unspecified atom stereocenters. The Bertz CT molecular complexity index is 626. The Morgan fingerprint density at radius 3 is 2.57 bits per heavy atom. The third kappa shape index (κ3) is 4.55. The van der Waals surface area contributed by atoms with Gasteiger partial charge in [0.2, 0.25) is 5.91 Å². The maximum Gasteiger partial charge on any atom is 0.249 e. The second-order valence-electron chi connectivity index (χ2n) is 5.48. The Labute approximate surface area is 143 Å². The van der Waals surface area contributed by atoms with Crippen LogP contribution < -0.4 is 5.73 Å². The van der Waals surface area contributed by atoms with Crippen LogP contribution in [0.25, 0.3) is 5.69 Å². The lowest BCUT2D eigenvalue weighted by atomic mass is 9.95. The van der Waals surface area contributed by atoms with Crippen molar-refractivity contribution >= 4 is 18.3 Å². The van der Waals surface area contributed by atoms with Gasteiger partial charge >= 0.3 is 0 Å². The SMILES string of the molecule is CCCCCCc1ccc(C(N)=O)c(CC)c1-n1ccnn1.Cl. The Kier molecular flexibility index (Phi) is 7.75. The van der Waals surface area contributed by atoms with Gasteiger partial charge in [0.1, 0.15) is 0 Å². The maximum atomic E-state index is 11.7. The first-order valence-electron chi connectivity index (χ1n) is 8.00. The van der Waals surface area contributed by atoms with E-state index in [1.807, 2.05) is 25.3 Å². The van der Waals surface area contributed by atoms with E-state index in [4.69, 9.17) is 5.73 Å². The smallest absolute Gasteiger partial charge is 0.249 e. The third-order valence-electron chi connectivity index (χ3n) is 3.94. The average Bonchev–Trinajstić information content (AvgIpc) is 3.04. The first-order chi connectivity index (χ1) is 10.7. The Morgan fingerprint density at radius 2 is 2.00 bits per heavy atom. The Balaban J connectivity index is 0.00000264. The zero-order chi connectivity index (χ0) is 15.9. The van der Waals surface area contributed by atoms with Crippen molar-refractivity contribution in [2.45, 2.75) is 52.4 Å². The lowest BCUT2D eigenvalue weighted by molar-refractivity contribution is 0.0999. The van der Waals surface area contributed by atoms with Crippen LogP contribution in [0.1, 0.15) is 61.0 Å². The van der Waals surface area contributed by atoms with Gasteiger partial charge in [-0.05, 0) is 36.5 Å². The fraction of sp³-hybridized carbons (Fsp3) is 0.471. The summed E-state index contributed by atoms with van der Waals surface area (Å²) in [5, 5.41) is 8.01. The minimum absolute atomic E-state index is 0. The van der Waals surface area contributed by atoms with Crippen LogP contribution in [0.4, 0.5) is 0 Å². The van der Waals surface area contributed by atoms with Crippen LogP contribution >= 0.6 is 12.4 Å². The molecule has 0 radical (unpaired) electrons. The van der Waals surface area contributed by atoms with E-state index in [0.717, 1.165) is 30.5 Å². The quantitative estimate of drug-likeness (QED) is 0.750. The number of nitrogens with zero attached hydrogens (tertiary/aromatic N) is 3. The molecule has 2 aromatic rings. The van der Waals surface area contributed by atoms with Crippen molar-refractivity contribution < 1.29 is 4.79 Å². The summed E-state index contributed by atoms with van der Waals surface area (Å²) in [7, 11) is 0. The number of amides is 1. The highest BCUT2D eigenvalue weighted by Crippen LogP contribution is 2.25. The van der Waals surface area contributed by atoms with E-state index in [1.54, 1.807) is 10.9 Å². The van der Waals surface area contributed by atoms with E-state index in [1.165, 1.54) is 24.8 Å². The molecule has 5 nitrogen and oxygen atoms in total. The van der Waals surface area contributed by atoms with Crippen LogP contribution in [0, 0.1) is 0 Å². The van der Waals surface area contributed by atoms with Gasteiger partial charge in [-0.15, -0.1) is 17.5 Å². The summed E-state index contributed by atoms with van der Waals surface area (Å²) in [5.41, 5.74) is 9.21. The van der Waals surface area contributed by atoms with Crippen LogP contribution in [0.2, 0.25) is 0 Å². The highest BCUT2D eigenvalue weighted by Gasteiger charge is 2.17. The summed E-state index contributed by atoms with van der Waals surface area (Å²) in [5.74, 6) is -0.393. The van der Waals surface area contributed by atoms with Gasteiger partial charge in [0.15, 0.2) is 0 Å². The van der Waals surface area contributed by atoms with Crippen molar-refractivity contribution in [1.29, 1.82) is 0 Å². The minimum Gasteiger partial charge on any atom is -0.366 e. The first kappa shape index (κ1) is 19.2. The number of aryl methyl sites for hydroxylation is 1. The normalized spacial score (nSPS) is 10.3. The van der Waals surface area contributed by atoms with E-state index in [9.17, 15) is 4.79 Å². The number of hydrogen-bond donors (Lipinski definition) is 1. The number of nitrogens with two attached hydrogens (primary N) is 1. The van der Waals surface area contributed by atoms with Crippen LogP contribution in [0.3, 0.4) is 0 Å². The second-order valence-corrected chi connectivity index (χ2v) is 5.48. The molecule has 2 N–H and O–H groups in total. The molecular weight excluding hydrogens is 312 g/mol. The number of halogens is 1. The molecule has 0 aliphatic carbocycles. The second kappa shape index (κ2) is 9.30. The number of carbonyl (C=O) groups is 1. The molecule has 0 aliphatic rings. The minimum atomic E-state index is -0.393. The molecule has 6 heteroatoms. The average molecular weight is 337 g/mol. The highest BCUT2D eigenvalue weighted by molar-refractivity contribution is 5.95. The zero-order valence-electron chi connectivity index (χ0n) is 13.8. The van der Waals surface area contributed by atoms with E-state index >= 15 is 0 Å². The Morgan fingerprint density at radius 1 is 1.22 bits per heavy atom. The molecule has 0 saturated carbocycles. The number of hydrogen-bond acceptors (Lipinski definition) is 3. The highest BCUT2D eigenvalue weighted by atomic mass is 35.5. The lowest BCUT2D eigenvalue weighted by Crippen LogP contribution is -2.17. The molecule has 0 saturated heterocycles. The van der Waals surface area contributed by atoms with Gasteiger partial charge in [0, 0.05) is 5.56 Å². The molecule has 1 amide bonds. The maximum absolute atomic E-state index is 11.7. The summed E-state index contributed by atoms with van der Waals surface area (Å²) in [6.45, 7) is 4.24. The fourth-order valence-electron chi connectivity index (χ4n) is 2.83. The number of aromatic nitrogens is 3. The monoisotopic (exact) mass is 336 g/mol. The summed E-state index contributed by atoms with van der Waals surface area (Å²) < 4.78 is 1.75. The van der Waals surface area contributed by atoms with E-state index in [-0.39, 0.29) is 12.4 Å². The summed E-state index contributed by atoms with van der Waals surface area (Å²) in [6, 6.07) is 3.85. The summed E-state index contributed by atoms with van der Waals surface area (Å²) >= 11 is 0. The van der Waals surface area contributed by atoms with Crippen LogP contribution in [0.15, 0.2) is 24.5 Å². The zero-order valence-corrected chi connectivity index (χ0v) is 14.6. The van der Waals surface area contributed by atoms with Gasteiger partial charge in [-0.1, -0.05) is 44.4 Å². The van der Waals surface area contributed by atoms with Crippen LogP contribution in [-0.2, 0) is 12.8 Å². The number of unbranched alkanes of at least 4 members (excludes halogenated alkanes) is 3. The molecule has 0 atom stereocenters. The molecule has 23 heavy (non-hydrogen) atoms. The number of carbonyl (C=O) groups excluding carboxylic acids is 1. The third-order valence-corrected chi connectivity index (χ3v) is 3.94. The molecule has 126 valence electrons. The predicted octanol–water partition coefficient (Wildman–Crippen LogP) is 3.47. The largest absolute Gasteiger partial charge is 0.366 e. The van der Waals surface area contributed by atoms with Gasteiger partial charge < -0.3 is 5.73 Å². The summed E-state index contributed by atoms with van der Waals surface area (Å²) in [4.78, 5) is 11.7. The number of benzene rings is 1. The predicted molar refractivity (Wildman–Crippen MR) is 94.3 cm³/mol. The van der Waals surface area contributed by atoms with Crippen molar-refractivity contribution in [2.75, 3.05) is 0 Å². The lowest BCUT2D eigenvalue weighted by Gasteiger charge is -2.16. The molecule has 0 fully saturated rings. The van der Waals surface area contributed by atoms with Crippen molar-refractivity contribution in [3.8, 4) is 5.69 Å². The number of primary amides is 1. The van der Waals surface area contributed by atoms with Gasteiger partial charge in [-0.2, -0.15) is 0 Å². The fourth-order valence-corrected chi connectivity index (χ4v) is 2.83. The van der Waals surface area contributed by atoms with Crippen molar-refractivity contribution in [1.82, 2.24) is 15.0 Å². The van der Waals surface area contributed by atoms with Gasteiger partial charge in [0.25, 0.3) is 0 Å². The molecule has 1 aromatic carbocycles.